The molecule has 0 radical (unpaired) electrons. The van der Waals surface area contributed by atoms with Crippen molar-refractivity contribution < 1.29 is 32.3 Å². The summed E-state index contributed by atoms with van der Waals surface area (Å²) in [6, 6.07) is -0.669. The maximum absolute atomic E-state index is 12.9. The highest BCUT2D eigenvalue weighted by Gasteiger charge is 2.53. The van der Waals surface area contributed by atoms with Crippen LogP contribution in [0.5, 0.6) is 0 Å². The zero-order valence-corrected chi connectivity index (χ0v) is 9.58. The zero-order valence-electron chi connectivity index (χ0n) is 9.58. The minimum atomic E-state index is -4.77. The highest BCUT2D eigenvalue weighted by atomic mass is 19.3. The highest BCUT2D eigenvalue weighted by molar-refractivity contribution is 5.85. The lowest BCUT2D eigenvalue weighted by Crippen LogP contribution is -2.55. The molecule has 0 aliphatic carbocycles. The Balaban J connectivity index is 2.86. The summed E-state index contributed by atoms with van der Waals surface area (Å²) < 4.78 is 50.0. The van der Waals surface area contributed by atoms with Gasteiger partial charge in [0.15, 0.2) is 0 Å². The number of rotatable bonds is 3. The van der Waals surface area contributed by atoms with Gasteiger partial charge in [-0.3, -0.25) is 9.59 Å². The van der Waals surface area contributed by atoms with E-state index in [0.29, 0.717) is 4.90 Å². The summed E-state index contributed by atoms with van der Waals surface area (Å²) in [5, 5.41) is 8.76. The number of carbonyl (C=O) groups is 2. The molecule has 0 aromatic heterocycles. The molecule has 1 fully saturated rings. The summed E-state index contributed by atoms with van der Waals surface area (Å²) in [5.41, 5.74) is 0. The Kier molecular flexibility index (Phi) is 4.18. The summed E-state index contributed by atoms with van der Waals surface area (Å²) in [7, 11) is 0. The molecule has 1 saturated heterocycles. The first kappa shape index (κ1) is 14.7. The normalized spacial score (nSPS) is 25.3. The van der Waals surface area contributed by atoms with Gasteiger partial charge in [-0.15, -0.1) is 0 Å². The van der Waals surface area contributed by atoms with Crippen LogP contribution in [-0.4, -0.2) is 46.8 Å². The van der Waals surface area contributed by atoms with E-state index in [0.717, 1.165) is 0 Å². The third-order valence-corrected chi connectivity index (χ3v) is 3.05. The first-order valence-corrected chi connectivity index (χ1v) is 5.37. The topological polar surface area (TPSA) is 57.6 Å². The smallest absolute Gasteiger partial charge is 0.383 e. The van der Waals surface area contributed by atoms with Gasteiger partial charge in [-0.25, -0.2) is 8.78 Å². The van der Waals surface area contributed by atoms with Crippen LogP contribution in [0.3, 0.4) is 0 Å². The fraction of sp³-hybridized carbons (Fsp3) is 0.800. The van der Waals surface area contributed by atoms with Crippen LogP contribution in [0.2, 0.25) is 0 Å². The van der Waals surface area contributed by atoms with Gasteiger partial charge in [0.1, 0.15) is 0 Å². The molecule has 104 valence electrons. The fourth-order valence-corrected chi connectivity index (χ4v) is 1.88. The molecule has 0 aromatic rings. The van der Waals surface area contributed by atoms with Gasteiger partial charge < -0.3 is 10.0 Å². The second kappa shape index (κ2) is 5.11. The first-order valence-electron chi connectivity index (χ1n) is 5.37. The molecule has 4 nitrogen and oxygen atoms in total. The maximum Gasteiger partial charge on any atom is 0.383 e. The van der Waals surface area contributed by atoms with Crippen LogP contribution in [0, 0.1) is 5.92 Å². The van der Waals surface area contributed by atoms with Crippen molar-refractivity contribution in [2.24, 2.45) is 5.92 Å². The van der Waals surface area contributed by atoms with Crippen molar-refractivity contribution in [3.05, 3.63) is 0 Å². The van der Waals surface area contributed by atoms with E-state index in [9.17, 15) is 27.2 Å². The standard InChI is InChI=1S/C10H13F4NO3/c1-5-2-3-6(7(16)17)4-15(5)9(18)10(13,14)8(11)12/h5-6,8H,2-4H2,1H3,(H,16,17). The predicted octanol–water partition coefficient (Wildman–Crippen LogP) is 1.60. The number of hydrogen-bond donors (Lipinski definition) is 1. The van der Waals surface area contributed by atoms with Crippen molar-refractivity contribution in [3.63, 3.8) is 0 Å². The molecule has 0 spiro atoms. The number of amides is 1. The largest absolute Gasteiger partial charge is 0.481 e. The number of piperidine rings is 1. The Morgan fingerprint density at radius 2 is 1.89 bits per heavy atom. The van der Waals surface area contributed by atoms with Crippen molar-refractivity contribution in [2.75, 3.05) is 6.54 Å². The van der Waals surface area contributed by atoms with Crippen LogP contribution < -0.4 is 0 Å². The molecule has 0 saturated carbocycles. The third-order valence-electron chi connectivity index (χ3n) is 3.05. The van der Waals surface area contributed by atoms with Gasteiger partial charge in [-0.2, -0.15) is 8.78 Å². The Labute approximate surface area is 101 Å². The highest BCUT2D eigenvalue weighted by Crippen LogP contribution is 2.30. The Hall–Kier alpha value is -1.34. The number of carboxylic acids is 1. The molecule has 0 bridgehead atoms. The molecule has 1 heterocycles. The predicted molar refractivity (Wildman–Crippen MR) is 52.5 cm³/mol. The monoisotopic (exact) mass is 271 g/mol. The van der Waals surface area contributed by atoms with Crippen LogP contribution >= 0.6 is 0 Å². The second-order valence-corrected chi connectivity index (χ2v) is 4.34. The van der Waals surface area contributed by atoms with Crippen LogP contribution in [0.1, 0.15) is 19.8 Å². The van der Waals surface area contributed by atoms with Gasteiger partial charge in [0, 0.05) is 12.6 Å². The molecule has 1 amide bonds. The van der Waals surface area contributed by atoms with Gasteiger partial charge in [0.2, 0.25) is 0 Å². The van der Waals surface area contributed by atoms with E-state index in [1.807, 2.05) is 0 Å². The Morgan fingerprint density at radius 3 is 2.33 bits per heavy atom. The van der Waals surface area contributed by atoms with Crippen LogP contribution in [0.15, 0.2) is 0 Å². The zero-order chi connectivity index (χ0) is 14.1. The van der Waals surface area contributed by atoms with Gasteiger partial charge in [0.05, 0.1) is 5.92 Å². The van der Waals surface area contributed by atoms with Crippen molar-refractivity contribution in [1.82, 2.24) is 4.90 Å². The lowest BCUT2D eigenvalue weighted by Gasteiger charge is -2.37. The van der Waals surface area contributed by atoms with E-state index < -0.39 is 42.7 Å². The lowest BCUT2D eigenvalue weighted by atomic mass is 9.93. The molecule has 2 atom stereocenters. The lowest BCUT2D eigenvalue weighted by molar-refractivity contribution is -0.185. The van der Waals surface area contributed by atoms with Gasteiger partial charge in [-0.05, 0) is 19.8 Å². The molecule has 2 unspecified atom stereocenters. The van der Waals surface area contributed by atoms with Crippen molar-refractivity contribution >= 4 is 11.9 Å². The molecule has 1 aliphatic rings. The molecular formula is C10H13F4NO3. The Morgan fingerprint density at radius 1 is 1.33 bits per heavy atom. The van der Waals surface area contributed by atoms with Crippen molar-refractivity contribution in [1.29, 1.82) is 0 Å². The molecule has 0 aromatic carbocycles. The molecule has 1 rings (SSSR count). The third kappa shape index (κ3) is 2.73. The Bertz CT molecular complexity index is 348. The molecule has 8 heteroatoms. The number of nitrogens with zero attached hydrogens (tertiary/aromatic N) is 1. The quantitative estimate of drug-likeness (QED) is 0.793. The summed E-state index contributed by atoms with van der Waals surface area (Å²) in [5.74, 6) is -8.98. The number of carbonyl (C=O) groups excluding carboxylic acids is 1. The van der Waals surface area contributed by atoms with Gasteiger partial charge >= 0.3 is 18.3 Å². The minimum absolute atomic E-state index is 0.196. The minimum Gasteiger partial charge on any atom is -0.481 e. The summed E-state index contributed by atoms with van der Waals surface area (Å²) in [4.78, 5) is 22.6. The van der Waals surface area contributed by atoms with Crippen LogP contribution in [0.4, 0.5) is 17.6 Å². The number of likely N-dealkylation sites (tertiary alicyclic amines) is 1. The fourth-order valence-electron chi connectivity index (χ4n) is 1.88. The van der Waals surface area contributed by atoms with E-state index in [4.69, 9.17) is 5.11 Å². The number of hydrogen-bond acceptors (Lipinski definition) is 2. The summed E-state index contributed by atoms with van der Waals surface area (Å²) in [6.45, 7) is 0.967. The van der Waals surface area contributed by atoms with E-state index in [1.54, 1.807) is 0 Å². The molecule has 1 aliphatic heterocycles. The maximum atomic E-state index is 12.9. The van der Waals surface area contributed by atoms with Crippen LogP contribution in [-0.2, 0) is 9.59 Å². The number of carboxylic acid groups (broad SMARTS) is 1. The van der Waals surface area contributed by atoms with Gasteiger partial charge in [-0.1, -0.05) is 0 Å². The van der Waals surface area contributed by atoms with Crippen LogP contribution in [0.25, 0.3) is 0 Å². The number of aliphatic carboxylic acids is 1. The number of halogens is 4. The first-order chi connectivity index (χ1) is 8.17. The average Bonchev–Trinajstić information content (AvgIpc) is 2.28. The van der Waals surface area contributed by atoms with Gasteiger partial charge in [0.25, 0.3) is 5.91 Å². The number of alkyl halides is 4. The summed E-state index contributed by atoms with van der Waals surface area (Å²) in [6.07, 6.45) is -3.66. The van der Waals surface area contributed by atoms with E-state index >= 15 is 0 Å². The second-order valence-electron chi connectivity index (χ2n) is 4.34. The molecule has 1 N–H and O–H groups in total. The van der Waals surface area contributed by atoms with Crippen molar-refractivity contribution in [2.45, 2.75) is 38.2 Å². The van der Waals surface area contributed by atoms with E-state index in [1.165, 1.54) is 6.92 Å². The average molecular weight is 271 g/mol. The van der Waals surface area contributed by atoms with E-state index in [-0.39, 0.29) is 12.8 Å². The van der Waals surface area contributed by atoms with E-state index in [2.05, 4.69) is 0 Å². The van der Waals surface area contributed by atoms with Crippen molar-refractivity contribution in [3.8, 4) is 0 Å². The summed E-state index contributed by atoms with van der Waals surface area (Å²) >= 11 is 0. The molecule has 18 heavy (non-hydrogen) atoms. The molecular weight excluding hydrogens is 258 g/mol. The SMILES string of the molecule is CC1CCC(C(=O)O)CN1C(=O)C(F)(F)C(F)F.